The predicted octanol–water partition coefficient (Wildman–Crippen LogP) is 1.09. The lowest BCUT2D eigenvalue weighted by molar-refractivity contribution is 0.0909. The maximum Gasteiger partial charge on any atom is 0.269 e. The molecule has 9 nitrogen and oxygen atoms in total. The molecule has 1 fully saturated rings. The molecule has 3 aromatic rings. The third-order valence-corrected chi connectivity index (χ3v) is 4.48. The molecule has 3 aromatic heterocycles. The van der Waals surface area contributed by atoms with Crippen LogP contribution in [0.3, 0.4) is 0 Å². The van der Waals surface area contributed by atoms with E-state index in [1.54, 1.807) is 10.9 Å². The van der Waals surface area contributed by atoms with E-state index in [4.69, 9.17) is 0 Å². The fourth-order valence-corrected chi connectivity index (χ4v) is 3.15. The molecule has 0 bridgehead atoms. The summed E-state index contributed by atoms with van der Waals surface area (Å²) in [6.07, 6.45) is 7.39. The van der Waals surface area contributed by atoms with Crippen molar-refractivity contribution in [1.29, 1.82) is 0 Å². The van der Waals surface area contributed by atoms with Crippen molar-refractivity contribution < 1.29 is 4.79 Å². The average molecular weight is 352 g/mol. The predicted molar refractivity (Wildman–Crippen MR) is 95.2 cm³/mol. The van der Waals surface area contributed by atoms with Crippen LogP contribution < -0.4 is 10.2 Å². The zero-order chi connectivity index (χ0) is 18.1. The Hall–Kier alpha value is -3.23. The van der Waals surface area contributed by atoms with Gasteiger partial charge in [-0.25, -0.2) is 14.6 Å². The first-order valence-electron chi connectivity index (χ1n) is 8.44. The summed E-state index contributed by atoms with van der Waals surface area (Å²) in [5.74, 6) is 1.22. The van der Waals surface area contributed by atoms with Gasteiger partial charge >= 0.3 is 0 Å². The molecule has 1 atom stereocenters. The van der Waals surface area contributed by atoms with Gasteiger partial charge in [0.1, 0.15) is 5.69 Å². The quantitative estimate of drug-likeness (QED) is 0.728. The molecular weight excluding hydrogens is 332 g/mol. The van der Waals surface area contributed by atoms with E-state index in [1.807, 2.05) is 32.2 Å². The normalized spacial score (nSPS) is 19.7. The van der Waals surface area contributed by atoms with Crippen molar-refractivity contribution in [3.05, 3.63) is 48.4 Å². The van der Waals surface area contributed by atoms with Gasteiger partial charge in [0.2, 0.25) is 5.95 Å². The Morgan fingerprint density at radius 3 is 3.00 bits per heavy atom. The minimum absolute atomic E-state index is 0.158. The number of aromatic amines is 1. The van der Waals surface area contributed by atoms with Crippen LogP contribution in [0.1, 0.15) is 29.5 Å². The molecule has 0 saturated carbocycles. The van der Waals surface area contributed by atoms with E-state index in [1.165, 1.54) is 12.5 Å². The largest absolute Gasteiger partial charge is 0.344 e. The third kappa shape index (κ3) is 3.15. The zero-order valence-electron chi connectivity index (χ0n) is 14.7. The van der Waals surface area contributed by atoms with Crippen LogP contribution in [-0.4, -0.2) is 54.3 Å². The van der Waals surface area contributed by atoms with Crippen LogP contribution in [0.5, 0.6) is 0 Å². The number of imidazole rings is 1. The molecule has 26 heavy (non-hydrogen) atoms. The number of nitrogens with one attached hydrogen (secondary N) is 2. The Bertz CT molecular complexity index is 905. The number of hydrogen-bond donors (Lipinski definition) is 2. The minimum atomic E-state index is -0.360. The number of amides is 1. The van der Waals surface area contributed by atoms with Gasteiger partial charge in [0.25, 0.3) is 5.91 Å². The Kier molecular flexibility index (Phi) is 3.90. The van der Waals surface area contributed by atoms with Crippen molar-refractivity contribution >= 4 is 11.9 Å². The smallest absolute Gasteiger partial charge is 0.269 e. The summed E-state index contributed by atoms with van der Waals surface area (Å²) in [5, 5.41) is 7.32. The van der Waals surface area contributed by atoms with E-state index in [9.17, 15) is 4.79 Å². The fraction of sp³-hybridized carbons (Fsp3) is 0.353. The monoisotopic (exact) mass is 352 g/mol. The standard InChI is InChI=1S/C17H20N8O/c1-12-8-14(25-6-3-5-20-25)22-16(21-12)24-7-4-17(2,10-24)23-15(26)13-9-18-11-19-13/h3,5-6,8-9,11H,4,7,10H2,1-2H3,(H,18,19)(H,23,26). The molecule has 0 aromatic carbocycles. The van der Waals surface area contributed by atoms with Crippen LogP contribution >= 0.6 is 0 Å². The molecule has 1 amide bonds. The first-order valence-corrected chi connectivity index (χ1v) is 8.44. The lowest BCUT2D eigenvalue weighted by Gasteiger charge is -2.26. The van der Waals surface area contributed by atoms with Crippen molar-refractivity contribution in [1.82, 2.24) is 35.0 Å². The summed E-state index contributed by atoms with van der Waals surface area (Å²) in [6.45, 7) is 5.37. The van der Waals surface area contributed by atoms with Crippen LogP contribution in [0.4, 0.5) is 5.95 Å². The number of nitrogens with zero attached hydrogens (tertiary/aromatic N) is 6. The summed E-state index contributed by atoms with van der Waals surface area (Å²) in [4.78, 5) is 30.3. The van der Waals surface area contributed by atoms with Gasteiger partial charge < -0.3 is 15.2 Å². The average Bonchev–Trinajstić information content (AvgIpc) is 3.36. The summed E-state index contributed by atoms with van der Waals surface area (Å²) in [7, 11) is 0. The second kappa shape index (κ2) is 6.25. The fourth-order valence-electron chi connectivity index (χ4n) is 3.15. The van der Waals surface area contributed by atoms with Gasteiger partial charge in [0, 0.05) is 37.2 Å². The lowest BCUT2D eigenvalue weighted by atomic mass is 10.0. The summed E-state index contributed by atoms with van der Waals surface area (Å²) in [6, 6.07) is 3.75. The van der Waals surface area contributed by atoms with Crippen molar-refractivity contribution in [3.8, 4) is 5.82 Å². The molecule has 4 rings (SSSR count). The summed E-state index contributed by atoms with van der Waals surface area (Å²) >= 11 is 0. The highest BCUT2D eigenvalue weighted by molar-refractivity contribution is 5.92. The number of carbonyl (C=O) groups excluding carboxylic acids is 1. The van der Waals surface area contributed by atoms with Crippen LogP contribution in [0.2, 0.25) is 0 Å². The number of carbonyl (C=O) groups is 1. The maximum absolute atomic E-state index is 12.3. The number of H-pyrrole nitrogens is 1. The molecule has 1 aliphatic heterocycles. The number of aryl methyl sites for hydroxylation is 1. The van der Waals surface area contributed by atoms with E-state index < -0.39 is 0 Å². The van der Waals surface area contributed by atoms with Gasteiger partial charge in [0.15, 0.2) is 5.82 Å². The molecule has 0 spiro atoms. The lowest BCUT2D eigenvalue weighted by Crippen LogP contribution is -2.48. The van der Waals surface area contributed by atoms with Crippen LogP contribution in [-0.2, 0) is 0 Å². The second-order valence-corrected chi connectivity index (χ2v) is 6.77. The molecule has 134 valence electrons. The first-order chi connectivity index (χ1) is 12.5. The molecule has 1 saturated heterocycles. The molecule has 2 N–H and O–H groups in total. The highest BCUT2D eigenvalue weighted by Gasteiger charge is 2.36. The number of hydrogen-bond acceptors (Lipinski definition) is 6. The first kappa shape index (κ1) is 16.2. The minimum Gasteiger partial charge on any atom is -0.344 e. The SMILES string of the molecule is Cc1cc(-n2cccn2)nc(N2CCC(C)(NC(=O)c3cnc[nH]3)C2)n1. The van der Waals surface area contributed by atoms with Gasteiger partial charge in [-0.15, -0.1) is 0 Å². The molecule has 9 heteroatoms. The number of rotatable bonds is 4. The topological polar surface area (TPSA) is 105 Å². The van der Waals surface area contributed by atoms with E-state index in [0.717, 1.165) is 24.5 Å². The van der Waals surface area contributed by atoms with Crippen LogP contribution in [0, 0.1) is 6.92 Å². The number of anilines is 1. The van der Waals surface area contributed by atoms with Crippen LogP contribution in [0.25, 0.3) is 5.82 Å². The van der Waals surface area contributed by atoms with Gasteiger partial charge in [-0.1, -0.05) is 0 Å². The van der Waals surface area contributed by atoms with Gasteiger partial charge in [0.05, 0.1) is 18.1 Å². The molecule has 0 radical (unpaired) electrons. The molecule has 1 aliphatic rings. The maximum atomic E-state index is 12.3. The van der Waals surface area contributed by atoms with Gasteiger partial charge in [-0.05, 0) is 26.3 Å². The Morgan fingerprint density at radius 1 is 1.38 bits per heavy atom. The Labute approximate surface area is 150 Å². The zero-order valence-corrected chi connectivity index (χ0v) is 14.7. The number of aromatic nitrogens is 6. The van der Waals surface area contributed by atoms with E-state index in [-0.39, 0.29) is 11.4 Å². The van der Waals surface area contributed by atoms with Crippen molar-refractivity contribution in [2.24, 2.45) is 0 Å². The van der Waals surface area contributed by atoms with Crippen LogP contribution in [0.15, 0.2) is 37.1 Å². The molecule has 4 heterocycles. The van der Waals surface area contributed by atoms with Crippen molar-refractivity contribution in [2.75, 3.05) is 18.0 Å². The molecule has 1 unspecified atom stereocenters. The summed E-state index contributed by atoms with van der Waals surface area (Å²) < 4.78 is 1.72. The third-order valence-electron chi connectivity index (χ3n) is 4.48. The Balaban J connectivity index is 1.52. The highest BCUT2D eigenvalue weighted by Crippen LogP contribution is 2.25. The molecular formula is C17H20N8O. The highest BCUT2D eigenvalue weighted by atomic mass is 16.2. The van der Waals surface area contributed by atoms with Gasteiger partial charge in [-0.3, -0.25) is 4.79 Å². The van der Waals surface area contributed by atoms with E-state index in [2.05, 4.69) is 35.3 Å². The van der Waals surface area contributed by atoms with E-state index >= 15 is 0 Å². The second-order valence-electron chi connectivity index (χ2n) is 6.77. The van der Waals surface area contributed by atoms with Gasteiger partial charge in [-0.2, -0.15) is 10.1 Å². The van der Waals surface area contributed by atoms with E-state index in [0.29, 0.717) is 18.2 Å². The van der Waals surface area contributed by atoms with Crippen molar-refractivity contribution in [2.45, 2.75) is 25.8 Å². The molecule has 0 aliphatic carbocycles. The van der Waals surface area contributed by atoms with Crippen molar-refractivity contribution in [3.63, 3.8) is 0 Å². The summed E-state index contributed by atoms with van der Waals surface area (Å²) in [5.41, 5.74) is 0.967. The Morgan fingerprint density at radius 2 is 2.27 bits per heavy atom.